The van der Waals surface area contributed by atoms with Crippen LogP contribution in [0.4, 0.5) is 0 Å². The maximum absolute atomic E-state index is 13.3. The highest BCUT2D eigenvalue weighted by Gasteiger charge is 2.45. The quantitative estimate of drug-likeness (QED) is 0.148. The first-order valence-corrected chi connectivity index (χ1v) is 13.0. The minimum absolute atomic E-state index is 0.0780. The van der Waals surface area contributed by atoms with Crippen molar-refractivity contribution in [2.24, 2.45) is 0 Å². The molecule has 0 radical (unpaired) electrons. The summed E-state index contributed by atoms with van der Waals surface area (Å²) in [6.45, 7) is 0.378. The number of carbonyl (C=O) groups is 1. The van der Waals surface area contributed by atoms with E-state index in [4.69, 9.17) is 28.4 Å². The van der Waals surface area contributed by atoms with E-state index in [1.54, 1.807) is 12.1 Å². The van der Waals surface area contributed by atoms with Gasteiger partial charge in [0.1, 0.15) is 66.4 Å². The number of carbonyl (C=O) groups excluding carboxylic acids is 1. The van der Waals surface area contributed by atoms with Crippen molar-refractivity contribution in [3.05, 3.63) is 47.5 Å². The van der Waals surface area contributed by atoms with Crippen molar-refractivity contribution in [2.75, 3.05) is 13.7 Å². The Balaban J connectivity index is 1.53. The van der Waals surface area contributed by atoms with Gasteiger partial charge in [-0.15, -0.1) is 0 Å². The van der Waals surface area contributed by atoms with Gasteiger partial charge in [-0.05, 0) is 25.1 Å². The Morgan fingerprint density at radius 2 is 1.43 bits per heavy atom. The number of hydrogen-bond acceptors (Lipinski definition) is 15. The Hall–Kier alpha value is -3.25. The lowest BCUT2D eigenvalue weighted by atomic mass is 9.99. The van der Waals surface area contributed by atoms with Gasteiger partial charge < -0.3 is 69.3 Å². The third-order valence-electron chi connectivity index (χ3n) is 6.98. The van der Waals surface area contributed by atoms with Gasteiger partial charge in [0.2, 0.25) is 12.6 Å². The van der Waals surface area contributed by atoms with Gasteiger partial charge in [0, 0.05) is 5.56 Å². The van der Waals surface area contributed by atoms with Crippen LogP contribution in [0.25, 0.3) is 0 Å². The Labute approximate surface area is 239 Å². The van der Waals surface area contributed by atoms with Crippen LogP contribution in [0.5, 0.6) is 23.0 Å². The van der Waals surface area contributed by atoms with Crippen LogP contribution in [0, 0.1) is 0 Å². The van der Waals surface area contributed by atoms with E-state index in [-0.39, 0.29) is 28.4 Å². The number of hydrogen-bond donors (Lipinski definition) is 8. The van der Waals surface area contributed by atoms with Gasteiger partial charge in [-0.2, -0.15) is 0 Å². The molecule has 0 aliphatic carbocycles. The fourth-order valence-electron chi connectivity index (χ4n) is 4.53. The first-order valence-electron chi connectivity index (χ1n) is 13.0. The van der Waals surface area contributed by atoms with Gasteiger partial charge in [-0.25, -0.2) is 4.79 Å². The minimum Gasteiger partial charge on any atom is -0.504 e. The number of rotatable bonds is 9. The summed E-state index contributed by atoms with van der Waals surface area (Å²) in [5.74, 6) is -1.95. The van der Waals surface area contributed by atoms with Gasteiger partial charge in [0.05, 0.1) is 19.8 Å². The van der Waals surface area contributed by atoms with Crippen LogP contribution in [0.3, 0.4) is 0 Å². The van der Waals surface area contributed by atoms with Crippen LogP contribution in [0.15, 0.2) is 36.4 Å². The molecule has 15 heteroatoms. The summed E-state index contributed by atoms with van der Waals surface area (Å²) >= 11 is 0. The van der Waals surface area contributed by atoms with Crippen LogP contribution < -0.4 is 14.2 Å². The van der Waals surface area contributed by atoms with Crippen molar-refractivity contribution >= 4 is 5.97 Å². The molecule has 2 aromatic rings. The molecular formula is C27H34O15. The smallest absolute Gasteiger partial charge is 0.346 e. The standard InChI is InChI=1S/C27H34O15/c1-11-18(30)20(32)22(34)26(39-11)41-15-8-7-13(29)24(37-2)17(15)25(36)38-10-12-5-3-4-6-14(12)40-27-23(35)21(33)19(31)16(9-28)42-27/h3-8,11,16,18-23,26-35H,9-10H2,1-2H3/t11-,16+,18-,19+,20+,21-,22+,23+,26-,27+/m0/s1. The number of aliphatic hydroxyl groups is 7. The van der Waals surface area contributed by atoms with Crippen LogP contribution in [0.1, 0.15) is 22.8 Å². The minimum atomic E-state index is -1.69. The Bertz CT molecular complexity index is 1220. The topological polar surface area (TPSA) is 234 Å². The molecule has 2 aromatic carbocycles. The molecule has 232 valence electrons. The SMILES string of the molecule is COc1c(O)ccc(O[C@@H]2O[C@@H](C)[C@H](O)[C@@H](O)[C@H]2O)c1C(=O)OCc1ccccc1O[C@@H]1O[C@H](CO)[C@@H](O)[C@H](O)[C@H]1O. The summed E-state index contributed by atoms with van der Waals surface area (Å²) in [6, 6.07) is 8.55. The fourth-order valence-corrected chi connectivity index (χ4v) is 4.53. The molecular weight excluding hydrogens is 564 g/mol. The summed E-state index contributed by atoms with van der Waals surface area (Å²) in [5.41, 5.74) is -0.102. The number of benzene rings is 2. The lowest BCUT2D eigenvalue weighted by molar-refractivity contribution is -0.277. The normalized spacial score (nSPS) is 33.1. The van der Waals surface area contributed by atoms with Crippen molar-refractivity contribution in [2.45, 2.75) is 74.9 Å². The van der Waals surface area contributed by atoms with Crippen molar-refractivity contribution in [1.82, 2.24) is 0 Å². The highest BCUT2D eigenvalue weighted by Crippen LogP contribution is 2.39. The molecule has 2 heterocycles. The summed E-state index contributed by atoms with van der Waals surface area (Å²) < 4.78 is 32.8. The lowest BCUT2D eigenvalue weighted by Crippen LogP contribution is -2.60. The maximum Gasteiger partial charge on any atom is 0.346 e. The van der Waals surface area contributed by atoms with Crippen molar-refractivity contribution in [3.63, 3.8) is 0 Å². The summed E-state index contributed by atoms with van der Waals surface area (Å²) in [7, 11) is 1.19. The van der Waals surface area contributed by atoms with Crippen LogP contribution in [-0.4, -0.2) is 122 Å². The van der Waals surface area contributed by atoms with Crippen molar-refractivity contribution in [1.29, 1.82) is 0 Å². The van der Waals surface area contributed by atoms with E-state index in [1.807, 2.05) is 0 Å². The third kappa shape index (κ3) is 6.39. The number of methoxy groups -OCH3 is 1. The zero-order chi connectivity index (χ0) is 30.7. The molecule has 2 aliphatic heterocycles. The van der Waals surface area contributed by atoms with Gasteiger partial charge in [-0.1, -0.05) is 18.2 Å². The fraction of sp³-hybridized carbons (Fsp3) is 0.519. The highest BCUT2D eigenvalue weighted by molar-refractivity contribution is 5.96. The predicted molar refractivity (Wildman–Crippen MR) is 138 cm³/mol. The molecule has 10 atom stereocenters. The van der Waals surface area contributed by atoms with Gasteiger partial charge in [-0.3, -0.25) is 0 Å². The summed E-state index contributed by atoms with van der Waals surface area (Å²) in [6.07, 6.45) is -14.7. The molecule has 2 aliphatic rings. The largest absolute Gasteiger partial charge is 0.504 e. The Kier molecular flexibility index (Phi) is 10.1. The zero-order valence-corrected chi connectivity index (χ0v) is 22.6. The van der Waals surface area contributed by atoms with E-state index in [0.29, 0.717) is 0 Å². The molecule has 0 bridgehead atoms. The first kappa shape index (κ1) is 31.7. The van der Waals surface area contributed by atoms with E-state index < -0.39 is 86.3 Å². The molecule has 0 saturated carbocycles. The molecule has 2 fully saturated rings. The Morgan fingerprint density at radius 3 is 2.10 bits per heavy atom. The molecule has 4 rings (SSSR count). The summed E-state index contributed by atoms with van der Waals surface area (Å²) in [4.78, 5) is 13.3. The number of ether oxygens (including phenoxy) is 6. The zero-order valence-electron chi connectivity index (χ0n) is 22.6. The third-order valence-corrected chi connectivity index (χ3v) is 6.98. The molecule has 0 spiro atoms. The molecule has 0 aromatic heterocycles. The number of phenolic OH excluding ortho intramolecular Hbond substituents is 1. The molecule has 0 unspecified atom stereocenters. The second-order valence-corrected chi connectivity index (χ2v) is 9.79. The highest BCUT2D eigenvalue weighted by atomic mass is 16.7. The van der Waals surface area contributed by atoms with Crippen molar-refractivity contribution in [3.8, 4) is 23.0 Å². The predicted octanol–water partition coefficient (Wildman–Crippen LogP) is -1.86. The lowest BCUT2D eigenvalue weighted by Gasteiger charge is -2.39. The molecule has 42 heavy (non-hydrogen) atoms. The van der Waals surface area contributed by atoms with Gasteiger partial charge >= 0.3 is 5.97 Å². The van der Waals surface area contributed by atoms with Crippen LogP contribution in [-0.2, 0) is 20.8 Å². The number of aliphatic hydroxyl groups excluding tert-OH is 7. The number of para-hydroxylation sites is 1. The van der Waals surface area contributed by atoms with Crippen molar-refractivity contribution < 1.29 is 74.1 Å². The summed E-state index contributed by atoms with van der Waals surface area (Å²) in [5, 5.41) is 80.5. The van der Waals surface area contributed by atoms with E-state index in [0.717, 1.165) is 0 Å². The first-order chi connectivity index (χ1) is 20.0. The number of phenols is 1. The molecule has 15 nitrogen and oxygen atoms in total. The van der Waals surface area contributed by atoms with E-state index in [1.165, 1.54) is 38.3 Å². The van der Waals surface area contributed by atoms with E-state index >= 15 is 0 Å². The Morgan fingerprint density at radius 1 is 0.810 bits per heavy atom. The second-order valence-electron chi connectivity index (χ2n) is 9.79. The molecule has 8 N–H and O–H groups in total. The second kappa shape index (κ2) is 13.4. The number of esters is 1. The van der Waals surface area contributed by atoms with Crippen LogP contribution >= 0.6 is 0 Å². The monoisotopic (exact) mass is 598 g/mol. The van der Waals surface area contributed by atoms with E-state index in [9.17, 15) is 45.6 Å². The van der Waals surface area contributed by atoms with Crippen LogP contribution in [0.2, 0.25) is 0 Å². The average molecular weight is 599 g/mol. The maximum atomic E-state index is 13.3. The molecule has 0 amide bonds. The number of aromatic hydroxyl groups is 1. The average Bonchev–Trinajstić information content (AvgIpc) is 2.98. The van der Waals surface area contributed by atoms with Gasteiger partial charge in [0.25, 0.3) is 0 Å². The molecule has 2 saturated heterocycles. The van der Waals surface area contributed by atoms with Gasteiger partial charge in [0.15, 0.2) is 11.5 Å². The van der Waals surface area contributed by atoms with E-state index in [2.05, 4.69) is 0 Å².